The van der Waals surface area contributed by atoms with Crippen molar-refractivity contribution in [2.24, 2.45) is 159 Å². The second-order valence-electron chi connectivity index (χ2n) is 23.9. The summed E-state index contributed by atoms with van der Waals surface area (Å²) < 4.78 is 5.30. The van der Waals surface area contributed by atoms with E-state index in [-0.39, 0.29) is 11.4 Å². The molecule has 2 heteroatoms. The molecule has 18 rings (SSSR count). The molecular formula is C51H54O2. The Kier molecular flexibility index (Phi) is 4.10. The minimum Gasteiger partial charge on any atom is -0.469 e. The first-order valence-corrected chi connectivity index (χ1v) is 23.4. The van der Waals surface area contributed by atoms with Gasteiger partial charge in [-0.25, -0.2) is 0 Å². The summed E-state index contributed by atoms with van der Waals surface area (Å²) in [6.07, 6.45) is 18.4. The third-order valence-corrected chi connectivity index (χ3v) is 24.6. The molecule has 17 aliphatic carbocycles. The molecule has 14 saturated carbocycles. The molecule has 2 nitrogen and oxygen atoms in total. The second kappa shape index (κ2) is 7.90. The number of fused-ring (bicyclic) bond motifs is 1. The Morgan fingerprint density at radius 1 is 0.698 bits per heavy atom. The van der Waals surface area contributed by atoms with Crippen LogP contribution in [0, 0.1) is 159 Å². The first-order chi connectivity index (χ1) is 26.2. The third-order valence-electron chi connectivity index (χ3n) is 24.6. The summed E-state index contributed by atoms with van der Waals surface area (Å²) in [4.78, 5) is 12.8. The fourth-order valence-corrected chi connectivity index (χ4v) is 25.8. The summed E-state index contributed by atoms with van der Waals surface area (Å²) in [5, 5.41) is 0. The van der Waals surface area contributed by atoms with Gasteiger partial charge in [0.15, 0.2) is 0 Å². The van der Waals surface area contributed by atoms with Crippen LogP contribution in [-0.2, 0) is 14.9 Å². The third kappa shape index (κ3) is 2.31. The van der Waals surface area contributed by atoms with Gasteiger partial charge in [0.2, 0.25) is 0 Å². The van der Waals surface area contributed by atoms with Crippen LogP contribution < -0.4 is 0 Å². The van der Waals surface area contributed by atoms with E-state index in [1.165, 1.54) is 19.3 Å². The SMILES string of the molecule is COC(=O)CCCC1(c2ccccc2)C2C3=CC4CC5CC6CC7CC8CC9=CC%10CC21C1C%10=C2C9C9C8C7C7C6C6C5C4C4C3C1C1C2C9C7C6C41. The first kappa shape index (κ1) is 27.5. The van der Waals surface area contributed by atoms with E-state index in [0.29, 0.717) is 17.8 Å². The predicted octanol–water partition coefficient (Wildman–Crippen LogP) is 9.00. The van der Waals surface area contributed by atoms with Gasteiger partial charge in [-0.2, -0.15) is 0 Å². The molecule has 0 aromatic heterocycles. The van der Waals surface area contributed by atoms with E-state index < -0.39 is 0 Å². The zero-order valence-electron chi connectivity index (χ0n) is 31.2. The molecule has 0 amide bonds. The van der Waals surface area contributed by atoms with Gasteiger partial charge in [-0.15, -0.1) is 0 Å². The zero-order chi connectivity index (χ0) is 33.5. The Balaban J connectivity index is 0.964. The Morgan fingerprint density at radius 3 is 2.23 bits per heavy atom. The molecule has 53 heavy (non-hydrogen) atoms. The number of carbonyl (C=O) groups excluding carboxylic acids is 1. The molecular weight excluding hydrogens is 645 g/mol. The van der Waals surface area contributed by atoms with Crippen LogP contribution in [0.4, 0.5) is 0 Å². The van der Waals surface area contributed by atoms with Crippen LogP contribution in [0.25, 0.3) is 0 Å². The van der Waals surface area contributed by atoms with E-state index in [0.717, 1.165) is 154 Å². The highest BCUT2D eigenvalue weighted by molar-refractivity contribution is 5.69. The molecule has 1 aromatic rings. The summed E-state index contributed by atoms with van der Waals surface area (Å²) in [5.41, 5.74) is 10.6. The van der Waals surface area contributed by atoms with Crippen LogP contribution in [-0.4, -0.2) is 13.1 Å². The number of esters is 1. The van der Waals surface area contributed by atoms with Crippen LogP contribution in [0.1, 0.15) is 63.4 Å². The van der Waals surface area contributed by atoms with E-state index >= 15 is 0 Å². The lowest BCUT2D eigenvalue weighted by atomic mass is 9.43. The zero-order valence-corrected chi connectivity index (χ0v) is 31.2. The number of allylic oxidation sites excluding steroid dienone is 6. The lowest BCUT2D eigenvalue weighted by Gasteiger charge is -2.61. The molecule has 0 radical (unpaired) electrons. The van der Waals surface area contributed by atoms with Gasteiger partial charge in [0.05, 0.1) is 7.11 Å². The number of rotatable bonds is 5. The average molecular weight is 699 g/mol. The minimum absolute atomic E-state index is 0.00123. The average Bonchev–Trinajstić information content (AvgIpc) is 3.86. The Morgan fingerprint density at radius 2 is 1.38 bits per heavy atom. The van der Waals surface area contributed by atoms with Gasteiger partial charge in [-0.05, 0) is 210 Å². The summed E-state index contributed by atoms with van der Waals surface area (Å²) in [7, 11) is 1.60. The lowest BCUT2D eigenvalue weighted by molar-refractivity contribution is -0.140. The standard InChI is InChI=1S/C51H54O2/c1-53-27(52)8-5-9-50(25-6-3-2-4-7-25)49-26-16-23-14-20-12-21-11-18-10-19-13-22-15-24-17-51(49,50)48-34(24)39-33(22)38-29(19)28(18)36-32(21)37-30(20)31(23)40-35(26)47(48)46-44(39)42(38)41(36)43(37)45(40)46/h2-4,6-7,15-16,18-21,23-24,28-33,35-38,40-49H,5,8-14,17H2,1H3. The maximum absolute atomic E-state index is 12.8. The number of carbonyl (C=O) groups is 1. The number of methoxy groups -OCH3 is 1. The van der Waals surface area contributed by atoms with Crippen molar-refractivity contribution in [1.29, 1.82) is 0 Å². The van der Waals surface area contributed by atoms with Crippen molar-refractivity contribution in [2.45, 2.75) is 63.2 Å². The van der Waals surface area contributed by atoms with Crippen molar-refractivity contribution in [1.82, 2.24) is 0 Å². The van der Waals surface area contributed by atoms with Crippen LogP contribution in [0.15, 0.2) is 64.8 Å². The van der Waals surface area contributed by atoms with Gasteiger partial charge in [-0.3, -0.25) is 4.79 Å². The normalized spacial score (nSPS) is 68.6. The van der Waals surface area contributed by atoms with Gasteiger partial charge >= 0.3 is 5.97 Å². The van der Waals surface area contributed by atoms with Crippen LogP contribution >= 0.6 is 0 Å². The highest BCUT2D eigenvalue weighted by atomic mass is 16.5. The number of ether oxygens (including phenoxy) is 1. The molecule has 1 aromatic carbocycles. The van der Waals surface area contributed by atoms with Gasteiger partial charge in [0, 0.05) is 17.8 Å². The van der Waals surface area contributed by atoms with Gasteiger partial charge in [-0.1, -0.05) is 64.8 Å². The number of benzene rings is 1. The molecule has 28 atom stereocenters. The largest absolute Gasteiger partial charge is 0.469 e. The molecule has 270 valence electrons. The molecule has 0 aliphatic heterocycles. The van der Waals surface area contributed by atoms with Crippen molar-refractivity contribution < 1.29 is 9.53 Å². The van der Waals surface area contributed by atoms with E-state index in [1.54, 1.807) is 38.4 Å². The van der Waals surface area contributed by atoms with Gasteiger partial charge < -0.3 is 4.74 Å². The quantitative estimate of drug-likeness (QED) is 0.227. The Hall–Kier alpha value is -2.09. The van der Waals surface area contributed by atoms with E-state index in [1.807, 2.05) is 5.57 Å². The Labute approximate surface area is 314 Å². The van der Waals surface area contributed by atoms with Crippen LogP contribution in [0.5, 0.6) is 0 Å². The molecule has 14 fully saturated rings. The van der Waals surface area contributed by atoms with E-state index in [2.05, 4.69) is 59.2 Å². The molecule has 0 bridgehead atoms. The molecule has 1 spiro atoms. The number of hydrogen-bond donors (Lipinski definition) is 0. The molecule has 0 heterocycles. The van der Waals surface area contributed by atoms with E-state index in [9.17, 15) is 4.79 Å². The van der Waals surface area contributed by atoms with E-state index in [4.69, 9.17) is 4.74 Å². The molecule has 0 N–H and O–H groups in total. The maximum atomic E-state index is 12.8. The van der Waals surface area contributed by atoms with Crippen molar-refractivity contribution in [3.8, 4) is 0 Å². The maximum Gasteiger partial charge on any atom is 0.305 e. The van der Waals surface area contributed by atoms with Crippen molar-refractivity contribution in [2.75, 3.05) is 7.11 Å². The second-order valence-corrected chi connectivity index (χ2v) is 23.9. The summed E-state index contributed by atoms with van der Waals surface area (Å²) in [5.74, 6) is 26.3. The fraction of sp³-hybridized carbons (Fsp3) is 0.745. The van der Waals surface area contributed by atoms with Crippen LogP contribution in [0.2, 0.25) is 0 Å². The summed E-state index contributed by atoms with van der Waals surface area (Å²) >= 11 is 0. The Bertz CT molecular complexity index is 2160. The van der Waals surface area contributed by atoms with Crippen molar-refractivity contribution in [3.63, 3.8) is 0 Å². The fourth-order valence-electron chi connectivity index (χ4n) is 25.8. The molecule has 28 unspecified atom stereocenters. The highest BCUT2D eigenvalue weighted by Gasteiger charge is 2.92. The van der Waals surface area contributed by atoms with Crippen molar-refractivity contribution in [3.05, 3.63) is 70.3 Å². The summed E-state index contributed by atoms with van der Waals surface area (Å²) in [6.45, 7) is 0. The molecule has 0 saturated heterocycles. The smallest absolute Gasteiger partial charge is 0.305 e. The minimum atomic E-state index is -0.00123. The van der Waals surface area contributed by atoms with Crippen molar-refractivity contribution >= 4 is 5.97 Å². The van der Waals surface area contributed by atoms with Gasteiger partial charge in [0.1, 0.15) is 0 Å². The van der Waals surface area contributed by atoms with Gasteiger partial charge in [0.25, 0.3) is 0 Å². The highest BCUT2D eigenvalue weighted by Crippen LogP contribution is 2.97. The predicted molar refractivity (Wildman–Crippen MR) is 198 cm³/mol. The monoisotopic (exact) mass is 698 g/mol. The topological polar surface area (TPSA) is 26.3 Å². The lowest BCUT2D eigenvalue weighted by Crippen LogP contribution is -2.58. The number of hydrogen-bond acceptors (Lipinski definition) is 2. The summed E-state index contributed by atoms with van der Waals surface area (Å²) in [6, 6.07) is 12.1. The molecule has 17 aliphatic rings. The first-order valence-electron chi connectivity index (χ1n) is 23.4. The van der Waals surface area contributed by atoms with Crippen LogP contribution in [0.3, 0.4) is 0 Å².